The Bertz CT molecular complexity index is 781. The molecule has 0 atom stereocenters. The van der Waals surface area contributed by atoms with E-state index in [-0.39, 0.29) is 16.8 Å². The van der Waals surface area contributed by atoms with Crippen LogP contribution in [0.15, 0.2) is 30.3 Å². The number of imidazole rings is 1. The third-order valence-corrected chi connectivity index (χ3v) is 2.92. The monoisotopic (exact) mass is 287 g/mol. The number of aromatic amines is 1. The summed E-state index contributed by atoms with van der Waals surface area (Å²) in [5, 5.41) is 10.4. The molecule has 0 aliphatic carbocycles. The third kappa shape index (κ3) is 2.46. The number of hydrogen-bond acceptors (Lipinski definition) is 4. The van der Waals surface area contributed by atoms with E-state index in [1.807, 2.05) is 19.1 Å². The fraction of sp³-hybridized carbons (Fsp3) is 0.0769. The quantitative estimate of drug-likeness (QED) is 0.759. The van der Waals surface area contributed by atoms with Gasteiger partial charge in [-0.15, -0.1) is 10.2 Å². The van der Waals surface area contributed by atoms with Crippen molar-refractivity contribution >= 4 is 34.2 Å². The number of anilines is 1. The van der Waals surface area contributed by atoms with Crippen molar-refractivity contribution in [3.8, 4) is 0 Å². The number of fused-ring (bicyclic) bond motifs is 1. The Morgan fingerprint density at radius 1 is 1.25 bits per heavy atom. The second-order valence-electron chi connectivity index (χ2n) is 4.25. The number of amides is 1. The van der Waals surface area contributed by atoms with Gasteiger partial charge in [-0.1, -0.05) is 11.6 Å². The summed E-state index contributed by atoms with van der Waals surface area (Å²) in [5.74, 6) is 0.483. The molecule has 0 aliphatic heterocycles. The van der Waals surface area contributed by atoms with E-state index in [2.05, 4.69) is 25.5 Å². The molecular weight excluding hydrogens is 278 g/mol. The van der Waals surface area contributed by atoms with Crippen LogP contribution in [-0.4, -0.2) is 26.1 Å². The van der Waals surface area contributed by atoms with Crippen LogP contribution in [0.2, 0.25) is 5.15 Å². The minimum Gasteiger partial charge on any atom is -0.342 e. The molecule has 6 nitrogen and oxygen atoms in total. The highest BCUT2D eigenvalue weighted by molar-refractivity contribution is 6.29. The number of carbonyl (C=O) groups excluding carboxylic acids is 1. The normalized spacial score (nSPS) is 10.7. The van der Waals surface area contributed by atoms with Gasteiger partial charge in [-0.05, 0) is 37.3 Å². The molecule has 0 spiro atoms. The Kier molecular flexibility index (Phi) is 3.08. The molecule has 2 N–H and O–H groups in total. The molecule has 3 aromatic rings. The largest absolute Gasteiger partial charge is 0.342 e. The molecule has 7 heteroatoms. The highest BCUT2D eigenvalue weighted by atomic mass is 35.5. The molecule has 0 radical (unpaired) electrons. The fourth-order valence-electron chi connectivity index (χ4n) is 1.85. The van der Waals surface area contributed by atoms with Crippen molar-refractivity contribution in [1.29, 1.82) is 0 Å². The van der Waals surface area contributed by atoms with E-state index >= 15 is 0 Å². The fourth-order valence-corrected chi connectivity index (χ4v) is 1.95. The first-order valence-electron chi connectivity index (χ1n) is 5.89. The average molecular weight is 288 g/mol. The maximum atomic E-state index is 12.0. The molecule has 1 aromatic carbocycles. The molecule has 0 saturated carbocycles. The zero-order valence-electron chi connectivity index (χ0n) is 10.5. The molecular formula is C13H10ClN5O. The summed E-state index contributed by atoms with van der Waals surface area (Å²) in [7, 11) is 0. The molecule has 20 heavy (non-hydrogen) atoms. The lowest BCUT2D eigenvalue weighted by Gasteiger charge is -2.04. The van der Waals surface area contributed by atoms with Crippen LogP contribution in [0.1, 0.15) is 16.3 Å². The zero-order chi connectivity index (χ0) is 14.1. The molecule has 0 unspecified atom stereocenters. The minimum atomic E-state index is -0.343. The first-order valence-corrected chi connectivity index (χ1v) is 6.26. The standard InChI is InChI=1S/C13H10ClN5O/c1-7-15-9-3-2-8(6-11(9)16-7)17-13(20)10-4-5-12(14)19-18-10/h2-6H,1H3,(H,15,16)(H,17,20). The van der Waals surface area contributed by atoms with Crippen molar-refractivity contribution in [1.82, 2.24) is 20.2 Å². The first-order chi connectivity index (χ1) is 9.61. The minimum absolute atomic E-state index is 0.204. The van der Waals surface area contributed by atoms with Crippen LogP contribution in [0.5, 0.6) is 0 Å². The lowest BCUT2D eigenvalue weighted by Crippen LogP contribution is -2.14. The summed E-state index contributed by atoms with van der Waals surface area (Å²) in [6.45, 7) is 1.88. The summed E-state index contributed by atoms with van der Waals surface area (Å²) < 4.78 is 0. The maximum absolute atomic E-state index is 12.0. The highest BCUT2D eigenvalue weighted by Crippen LogP contribution is 2.17. The number of carbonyl (C=O) groups is 1. The molecule has 0 aliphatic rings. The van der Waals surface area contributed by atoms with Gasteiger partial charge in [0, 0.05) is 5.69 Å². The first kappa shape index (κ1) is 12.6. The summed E-state index contributed by atoms with van der Waals surface area (Å²) in [4.78, 5) is 19.4. The Labute approximate surface area is 119 Å². The van der Waals surface area contributed by atoms with Gasteiger partial charge in [0.05, 0.1) is 11.0 Å². The maximum Gasteiger partial charge on any atom is 0.276 e. The molecule has 2 aromatic heterocycles. The second-order valence-corrected chi connectivity index (χ2v) is 4.64. The van der Waals surface area contributed by atoms with E-state index < -0.39 is 0 Å². The number of aryl methyl sites for hydroxylation is 1. The van der Waals surface area contributed by atoms with Crippen molar-refractivity contribution < 1.29 is 4.79 Å². The van der Waals surface area contributed by atoms with Crippen molar-refractivity contribution in [3.63, 3.8) is 0 Å². The van der Waals surface area contributed by atoms with Crippen LogP contribution >= 0.6 is 11.6 Å². The highest BCUT2D eigenvalue weighted by Gasteiger charge is 2.09. The number of halogens is 1. The van der Waals surface area contributed by atoms with Crippen LogP contribution in [0.4, 0.5) is 5.69 Å². The van der Waals surface area contributed by atoms with Gasteiger partial charge in [0.1, 0.15) is 5.82 Å². The topological polar surface area (TPSA) is 83.6 Å². The molecule has 3 rings (SSSR count). The van der Waals surface area contributed by atoms with Crippen LogP contribution < -0.4 is 5.32 Å². The number of aromatic nitrogens is 4. The van der Waals surface area contributed by atoms with E-state index in [1.54, 1.807) is 6.07 Å². The van der Waals surface area contributed by atoms with Crippen molar-refractivity contribution in [3.05, 3.63) is 47.0 Å². The Morgan fingerprint density at radius 2 is 2.10 bits per heavy atom. The van der Waals surface area contributed by atoms with Crippen LogP contribution in [0.3, 0.4) is 0 Å². The zero-order valence-corrected chi connectivity index (χ0v) is 11.3. The lowest BCUT2D eigenvalue weighted by molar-refractivity contribution is 0.102. The van der Waals surface area contributed by atoms with E-state index in [0.717, 1.165) is 16.9 Å². The van der Waals surface area contributed by atoms with Crippen molar-refractivity contribution in [2.75, 3.05) is 5.32 Å². The molecule has 2 heterocycles. The molecule has 100 valence electrons. The predicted octanol–water partition coefficient (Wildman–Crippen LogP) is 2.57. The van der Waals surface area contributed by atoms with Gasteiger partial charge in [-0.25, -0.2) is 4.98 Å². The number of benzene rings is 1. The smallest absolute Gasteiger partial charge is 0.276 e. The van der Waals surface area contributed by atoms with E-state index in [4.69, 9.17) is 11.6 Å². The number of nitrogens with one attached hydrogen (secondary N) is 2. The number of rotatable bonds is 2. The van der Waals surface area contributed by atoms with E-state index in [1.165, 1.54) is 12.1 Å². The average Bonchev–Trinajstić information content (AvgIpc) is 2.78. The summed E-state index contributed by atoms with van der Waals surface area (Å²) in [6.07, 6.45) is 0. The SMILES string of the molecule is Cc1nc2ccc(NC(=O)c3ccc(Cl)nn3)cc2[nH]1. The second kappa shape index (κ2) is 4.90. The number of nitrogens with zero attached hydrogens (tertiary/aromatic N) is 3. The van der Waals surface area contributed by atoms with Crippen LogP contribution in [0.25, 0.3) is 11.0 Å². The van der Waals surface area contributed by atoms with Crippen LogP contribution in [-0.2, 0) is 0 Å². The van der Waals surface area contributed by atoms with Gasteiger partial charge in [0.2, 0.25) is 0 Å². The van der Waals surface area contributed by atoms with Gasteiger partial charge in [-0.3, -0.25) is 4.79 Å². The predicted molar refractivity (Wildman–Crippen MR) is 75.8 cm³/mol. The van der Waals surface area contributed by atoms with Crippen molar-refractivity contribution in [2.24, 2.45) is 0 Å². The molecule has 0 saturated heterocycles. The number of hydrogen-bond donors (Lipinski definition) is 2. The van der Waals surface area contributed by atoms with E-state index in [9.17, 15) is 4.79 Å². The molecule has 0 fully saturated rings. The van der Waals surface area contributed by atoms with Gasteiger partial charge >= 0.3 is 0 Å². The Balaban J connectivity index is 1.84. The lowest BCUT2D eigenvalue weighted by atomic mass is 10.2. The van der Waals surface area contributed by atoms with Gasteiger partial charge in [-0.2, -0.15) is 0 Å². The van der Waals surface area contributed by atoms with Crippen molar-refractivity contribution in [2.45, 2.75) is 6.92 Å². The molecule has 0 bridgehead atoms. The summed E-state index contributed by atoms with van der Waals surface area (Å²) >= 11 is 5.63. The van der Waals surface area contributed by atoms with Gasteiger partial charge < -0.3 is 10.3 Å². The number of H-pyrrole nitrogens is 1. The third-order valence-electron chi connectivity index (χ3n) is 2.72. The van der Waals surface area contributed by atoms with Gasteiger partial charge in [0.25, 0.3) is 5.91 Å². The summed E-state index contributed by atoms with van der Waals surface area (Å²) in [6, 6.07) is 8.47. The van der Waals surface area contributed by atoms with E-state index in [0.29, 0.717) is 5.69 Å². The molecule has 1 amide bonds. The Morgan fingerprint density at radius 3 is 2.85 bits per heavy atom. The Hall–Kier alpha value is -2.47. The van der Waals surface area contributed by atoms with Crippen LogP contribution in [0, 0.1) is 6.92 Å². The summed E-state index contributed by atoms with van der Waals surface area (Å²) in [5.41, 5.74) is 2.58. The van der Waals surface area contributed by atoms with Gasteiger partial charge in [0.15, 0.2) is 10.8 Å².